The predicted molar refractivity (Wildman–Crippen MR) is 78.4 cm³/mol. The first-order chi connectivity index (χ1) is 9.42. The van der Waals surface area contributed by atoms with Gasteiger partial charge >= 0.3 is 0 Å². The lowest BCUT2D eigenvalue weighted by molar-refractivity contribution is 0.482. The van der Waals surface area contributed by atoms with Crippen LogP contribution >= 0.6 is 0 Å². The van der Waals surface area contributed by atoms with Gasteiger partial charge in [-0.3, -0.25) is 0 Å². The fraction of sp³-hybridized carbons (Fsp3) is 0.143. The van der Waals surface area contributed by atoms with Crippen molar-refractivity contribution in [1.82, 2.24) is 4.72 Å². The minimum absolute atomic E-state index is 0.0385. The van der Waals surface area contributed by atoms with E-state index >= 15 is 0 Å². The molecule has 5 nitrogen and oxygen atoms in total. The van der Waals surface area contributed by atoms with E-state index < -0.39 is 10.0 Å². The summed E-state index contributed by atoms with van der Waals surface area (Å²) in [5.41, 5.74) is 6.98. The first-order valence-corrected chi connectivity index (χ1v) is 7.48. The molecule has 2 aromatic rings. The lowest BCUT2D eigenvalue weighted by Crippen LogP contribution is -2.19. The number of nitrogen functional groups attached to an aromatic ring is 1. The molecule has 0 heterocycles. The Bertz CT molecular complexity index is 727. The summed E-state index contributed by atoms with van der Waals surface area (Å²) in [4.78, 5) is 0.0385. The molecule has 0 spiro atoms. The van der Waals surface area contributed by atoms with E-state index in [1.165, 1.54) is 19.2 Å². The van der Waals surface area contributed by atoms with Crippen molar-refractivity contribution in [3.63, 3.8) is 0 Å². The summed E-state index contributed by atoms with van der Waals surface area (Å²) in [7, 11) is -2.22. The lowest BCUT2D eigenvalue weighted by atomic mass is 10.2. The molecule has 6 heteroatoms. The third-order valence-corrected chi connectivity index (χ3v) is 4.25. The molecule has 0 bridgehead atoms. The van der Waals surface area contributed by atoms with Crippen LogP contribution in [-0.4, -0.2) is 15.5 Å². The highest BCUT2D eigenvalue weighted by Gasteiger charge is 2.15. The molecule has 2 rings (SSSR count). The summed E-state index contributed by atoms with van der Waals surface area (Å²) < 4.78 is 31.3. The van der Waals surface area contributed by atoms with Gasteiger partial charge in [-0.25, -0.2) is 13.1 Å². The van der Waals surface area contributed by atoms with E-state index in [0.29, 0.717) is 11.5 Å². The number of sulfonamides is 1. The minimum Gasteiger partial charge on any atom is -0.457 e. The smallest absolute Gasteiger partial charge is 0.242 e. The molecule has 20 heavy (non-hydrogen) atoms. The van der Waals surface area contributed by atoms with Crippen LogP contribution < -0.4 is 15.2 Å². The van der Waals surface area contributed by atoms with Gasteiger partial charge < -0.3 is 10.5 Å². The third-order valence-electron chi connectivity index (χ3n) is 2.76. The summed E-state index contributed by atoms with van der Waals surface area (Å²) in [6, 6.07) is 12.0. The highest BCUT2D eigenvalue weighted by Crippen LogP contribution is 2.27. The Morgan fingerprint density at radius 1 is 1.10 bits per heavy atom. The van der Waals surface area contributed by atoms with Crippen molar-refractivity contribution >= 4 is 15.7 Å². The first kappa shape index (κ1) is 14.4. The largest absolute Gasteiger partial charge is 0.457 e. The van der Waals surface area contributed by atoms with E-state index in [2.05, 4.69) is 4.72 Å². The number of nitrogens with one attached hydrogen (secondary N) is 1. The van der Waals surface area contributed by atoms with Crippen molar-refractivity contribution in [3.05, 3.63) is 48.0 Å². The van der Waals surface area contributed by atoms with Gasteiger partial charge in [0.15, 0.2) is 0 Å². The van der Waals surface area contributed by atoms with E-state index in [1.54, 1.807) is 6.07 Å². The van der Waals surface area contributed by atoms with Gasteiger partial charge in [0.2, 0.25) is 10.0 Å². The zero-order valence-corrected chi connectivity index (χ0v) is 12.1. The van der Waals surface area contributed by atoms with Crippen LogP contribution in [0.1, 0.15) is 5.56 Å². The quantitative estimate of drug-likeness (QED) is 0.847. The number of benzene rings is 2. The van der Waals surface area contributed by atoms with Gasteiger partial charge in [0, 0.05) is 6.07 Å². The monoisotopic (exact) mass is 292 g/mol. The maximum Gasteiger partial charge on any atom is 0.242 e. The SMILES string of the molecule is CNS(=O)(=O)c1ccc(Oc2cccc(C)c2)cc1N. The van der Waals surface area contributed by atoms with Gasteiger partial charge in [-0.05, 0) is 43.8 Å². The molecule has 0 aliphatic heterocycles. The second kappa shape index (κ2) is 5.52. The summed E-state index contributed by atoms with van der Waals surface area (Å²) >= 11 is 0. The molecule has 0 saturated heterocycles. The van der Waals surface area contributed by atoms with Crippen molar-refractivity contribution in [2.75, 3.05) is 12.8 Å². The summed E-state index contributed by atoms with van der Waals surface area (Å²) in [5, 5.41) is 0. The Hall–Kier alpha value is -2.05. The van der Waals surface area contributed by atoms with E-state index in [4.69, 9.17) is 10.5 Å². The van der Waals surface area contributed by atoms with Crippen LogP contribution in [0.3, 0.4) is 0 Å². The van der Waals surface area contributed by atoms with Gasteiger partial charge in [0.1, 0.15) is 16.4 Å². The highest BCUT2D eigenvalue weighted by molar-refractivity contribution is 7.89. The van der Waals surface area contributed by atoms with Crippen molar-refractivity contribution in [2.24, 2.45) is 0 Å². The fourth-order valence-electron chi connectivity index (χ4n) is 1.76. The Morgan fingerprint density at radius 2 is 1.80 bits per heavy atom. The molecule has 0 unspecified atom stereocenters. The molecule has 0 radical (unpaired) electrons. The zero-order valence-electron chi connectivity index (χ0n) is 11.3. The van der Waals surface area contributed by atoms with Crippen LogP contribution in [0.5, 0.6) is 11.5 Å². The van der Waals surface area contributed by atoms with E-state index in [-0.39, 0.29) is 10.6 Å². The van der Waals surface area contributed by atoms with Crippen molar-refractivity contribution in [3.8, 4) is 11.5 Å². The van der Waals surface area contributed by atoms with E-state index in [0.717, 1.165) is 5.56 Å². The molecule has 3 N–H and O–H groups in total. The standard InChI is InChI=1S/C14H16N2O3S/c1-10-4-3-5-11(8-10)19-12-6-7-14(13(15)9-12)20(17,18)16-2/h3-9,16H,15H2,1-2H3. The maximum absolute atomic E-state index is 11.7. The van der Waals surface area contributed by atoms with Gasteiger partial charge in [-0.15, -0.1) is 0 Å². The predicted octanol–water partition coefficient (Wildman–Crippen LogP) is 2.28. The number of nitrogens with two attached hydrogens (primary N) is 1. The van der Waals surface area contributed by atoms with Gasteiger partial charge in [-0.1, -0.05) is 12.1 Å². The molecule has 0 aliphatic rings. The Morgan fingerprint density at radius 3 is 2.40 bits per heavy atom. The Labute approximate surface area is 118 Å². The van der Waals surface area contributed by atoms with Crippen LogP contribution in [0.4, 0.5) is 5.69 Å². The topological polar surface area (TPSA) is 81.4 Å². The maximum atomic E-state index is 11.7. The van der Waals surface area contributed by atoms with Crippen LogP contribution in [0.2, 0.25) is 0 Å². The normalized spacial score (nSPS) is 11.3. The molecule has 0 amide bonds. The van der Waals surface area contributed by atoms with Crippen LogP contribution in [0.15, 0.2) is 47.4 Å². The average molecular weight is 292 g/mol. The Kier molecular flexibility index (Phi) is 3.96. The molecule has 0 aromatic heterocycles. The van der Waals surface area contributed by atoms with Crippen LogP contribution in [0.25, 0.3) is 0 Å². The van der Waals surface area contributed by atoms with Crippen molar-refractivity contribution in [2.45, 2.75) is 11.8 Å². The van der Waals surface area contributed by atoms with Crippen molar-refractivity contribution in [1.29, 1.82) is 0 Å². The van der Waals surface area contributed by atoms with Gasteiger partial charge in [0.25, 0.3) is 0 Å². The third kappa shape index (κ3) is 3.09. The van der Waals surface area contributed by atoms with Gasteiger partial charge in [0.05, 0.1) is 5.69 Å². The van der Waals surface area contributed by atoms with Crippen molar-refractivity contribution < 1.29 is 13.2 Å². The summed E-state index contributed by atoms with van der Waals surface area (Å²) in [5.74, 6) is 1.16. The number of anilines is 1. The summed E-state index contributed by atoms with van der Waals surface area (Å²) in [6.45, 7) is 1.96. The molecule has 2 aromatic carbocycles. The number of hydrogen-bond donors (Lipinski definition) is 2. The molecule has 106 valence electrons. The lowest BCUT2D eigenvalue weighted by Gasteiger charge is -2.10. The summed E-state index contributed by atoms with van der Waals surface area (Å²) in [6.07, 6.45) is 0. The number of hydrogen-bond acceptors (Lipinski definition) is 4. The highest BCUT2D eigenvalue weighted by atomic mass is 32.2. The van der Waals surface area contributed by atoms with E-state index in [9.17, 15) is 8.42 Å². The molecule has 0 saturated carbocycles. The second-order valence-corrected chi connectivity index (χ2v) is 6.18. The zero-order chi connectivity index (χ0) is 14.8. The minimum atomic E-state index is -3.56. The van der Waals surface area contributed by atoms with Gasteiger partial charge in [-0.2, -0.15) is 0 Å². The van der Waals surface area contributed by atoms with E-state index in [1.807, 2.05) is 31.2 Å². The van der Waals surface area contributed by atoms with Crippen LogP contribution in [0, 0.1) is 6.92 Å². The number of rotatable bonds is 4. The molecular weight excluding hydrogens is 276 g/mol. The number of aryl methyl sites for hydroxylation is 1. The molecular formula is C14H16N2O3S. The molecule has 0 fully saturated rings. The average Bonchev–Trinajstić information content (AvgIpc) is 2.38. The molecule has 0 atom stereocenters. The van der Waals surface area contributed by atoms with Crippen LogP contribution in [-0.2, 0) is 10.0 Å². The number of ether oxygens (including phenoxy) is 1. The Balaban J connectivity index is 2.30. The second-order valence-electron chi connectivity index (χ2n) is 4.33. The molecule has 0 aliphatic carbocycles. The fourth-order valence-corrected chi connectivity index (χ4v) is 2.60. The first-order valence-electron chi connectivity index (χ1n) is 6.00.